The molecule has 1 aromatic carbocycles. The Labute approximate surface area is 155 Å². The molecule has 4 nitrogen and oxygen atoms in total. The third-order valence-electron chi connectivity index (χ3n) is 4.47. The van der Waals surface area contributed by atoms with Crippen LogP contribution in [0.1, 0.15) is 57.6 Å². The van der Waals surface area contributed by atoms with Crippen molar-refractivity contribution in [2.24, 2.45) is 5.92 Å². The largest absolute Gasteiger partial charge is 0.444 e. The standard InChI is InChI=1S/C20H28ClNO3/c1-14(13-23)11-16-12-17(21)5-6-18(16)15-7-9-22(10-8-15)19(24)25-20(2,3)4/h5-6,12-15H,7-11H2,1-4H3. The topological polar surface area (TPSA) is 46.6 Å². The van der Waals surface area contributed by atoms with E-state index in [0.29, 0.717) is 30.5 Å². The molecule has 0 radical (unpaired) electrons. The first-order valence-electron chi connectivity index (χ1n) is 8.91. The first-order chi connectivity index (χ1) is 11.7. The van der Waals surface area contributed by atoms with E-state index in [1.54, 1.807) is 4.90 Å². The van der Waals surface area contributed by atoms with Crippen LogP contribution in [0, 0.1) is 5.92 Å². The van der Waals surface area contributed by atoms with Crippen LogP contribution in [0.15, 0.2) is 18.2 Å². The number of aldehydes is 1. The number of ether oxygens (including phenoxy) is 1. The van der Waals surface area contributed by atoms with Gasteiger partial charge in [-0.05, 0) is 69.2 Å². The van der Waals surface area contributed by atoms with Gasteiger partial charge in [0.05, 0.1) is 0 Å². The Bertz CT molecular complexity index is 616. The average Bonchev–Trinajstić information content (AvgIpc) is 2.53. The first-order valence-corrected chi connectivity index (χ1v) is 9.29. The Hall–Kier alpha value is -1.55. The minimum atomic E-state index is -0.470. The fourth-order valence-electron chi connectivity index (χ4n) is 3.24. The van der Waals surface area contributed by atoms with Crippen molar-refractivity contribution in [1.82, 2.24) is 4.90 Å². The van der Waals surface area contributed by atoms with Gasteiger partial charge in [-0.2, -0.15) is 0 Å². The summed E-state index contributed by atoms with van der Waals surface area (Å²) in [5, 5.41) is 0.697. The van der Waals surface area contributed by atoms with Crippen molar-refractivity contribution in [2.45, 2.75) is 58.5 Å². The predicted molar refractivity (Wildman–Crippen MR) is 100 cm³/mol. The van der Waals surface area contributed by atoms with Gasteiger partial charge < -0.3 is 14.4 Å². The fraction of sp³-hybridized carbons (Fsp3) is 0.600. The van der Waals surface area contributed by atoms with Crippen molar-refractivity contribution in [3.8, 4) is 0 Å². The molecule has 1 heterocycles. The van der Waals surface area contributed by atoms with E-state index in [9.17, 15) is 9.59 Å². The molecule has 2 rings (SSSR count). The minimum Gasteiger partial charge on any atom is -0.444 e. The predicted octanol–water partition coefficient (Wildman–Crippen LogP) is 4.83. The van der Waals surface area contributed by atoms with Crippen molar-refractivity contribution >= 4 is 24.0 Å². The van der Waals surface area contributed by atoms with Crippen LogP contribution < -0.4 is 0 Å². The van der Waals surface area contributed by atoms with Crippen LogP contribution in [0.3, 0.4) is 0 Å². The highest BCUT2D eigenvalue weighted by molar-refractivity contribution is 6.30. The van der Waals surface area contributed by atoms with Gasteiger partial charge in [-0.25, -0.2) is 4.79 Å². The van der Waals surface area contributed by atoms with Crippen molar-refractivity contribution in [3.05, 3.63) is 34.3 Å². The van der Waals surface area contributed by atoms with Crippen molar-refractivity contribution in [2.75, 3.05) is 13.1 Å². The molecular formula is C20H28ClNO3. The summed E-state index contributed by atoms with van der Waals surface area (Å²) in [6, 6.07) is 5.95. The zero-order valence-electron chi connectivity index (χ0n) is 15.5. The van der Waals surface area contributed by atoms with Gasteiger partial charge in [-0.15, -0.1) is 0 Å². The molecule has 138 valence electrons. The minimum absolute atomic E-state index is 0.0286. The zero-order chi connectivity index (χ0) is 18.6. The molecule has 1 saturated heterocycles. The summed E-state index contributed by atoms with van der Waals surface area (Å²) in [5.74, 6) is 0.351. The van der Waals surface area contributed by atoms with Gasteiger partial charge in [0.15, 0.2) is 0 Å². The Balaban J connectivity index is 2.05. The van der Waals surface area contributed by atoms with Crippen molar-refractivity contribution in [3.63, 3.8) is 0 Å². The molecule has 1 unspecified atom stereocenters. The molecule has 0 aliphatic carbocycles. The second-order valence-corrected chi connectivity index (χ2v) is 8.34. The number of carbonyl (C=O) groups excluding carboxylic acids is 2. The van der Waals surface area contributed by atoms with Gasteiger partial charge in [-0.1, -0.05) is 24.6 Å². The summed E-state index contributed by atoms with van der Waals surface area (Å²) in [5.41, 5.74) is 1.92. The normalized spacial score (nSPS) is 17.2. The number of halogens is 1. The maximum absolute atomic E-state index is 12.2. The fourth-order valence-corrected chi connectivity index (χ4v) is 3.44. The lowest BCUT2D eigenvalue weighted by molar-refractivity contribution is -0.110. The highest BCUT2D eigenvalue weighted by atomic mass is 35.5. The van der Waals surface area contributed by atoms with Gasteiger partial charge in [0.1, 0.15) is 11.9 Å². The van der Waals surface area contributed by atoms with E-state index in [0.717, 1.165) is 24.7 Å². The molecule has 1 aromatic rings. The number of piperidine rings is 1. The van der Waals surface area contributed by atoms with Gasteiger partial charge in [0.2, 0.25) is 0 Å². The smallest absolute Gasteiger partial charge is 0.410 e. The zero-order valence-corrected chi connectivity index (χ0v) is 16.3. The number of rotatable bonds is 4. The second kappa shape index (κ2) is 8.22. The monoisotopic (exact) mass is 365 g/mol. The van der Waals surface area contributed by atoms with Crippen LogP contribution in [0.2, 0.25) is 5.02 Å². The van der Waals surface area contributed by atoms with Crippen LogP contribution in [-0.4, -0.2) is 36.0 Å². The maximum atomic E-state index is 12.2. The van der Waals surface area contributed by atoms with E-state index < -0.39 is 5.60 Å². The van der Waals surface area contributed by atoms with E-state index in [2.05, 4.69) is 6.07 Å². The summed E-state index contributed by atoms with van der Waals surface area (Å²) in [6.45, 7) is 8.93. The van der Waals surface area contributed by atoms with Crippen molar-refractivity contribution < 1.29 is 14.3 Å². The number of likely N-dealkylation sites (tertiary alicyclic amines) is 1. The van der Waals surface area contributed by atoms with E-state index in [4.69, 9.17) is 16.3 Å². The van der Waals surface area contributed by atoms with Crippen LogP contribution in [0.5, 0.6) is 0 Å². The molecule has 1 aliphatic rings. The summed E-state index contributed by atoms with van der Waals surface area (Å²) < 4.78 is 5.46. The number of amides is 1. The van der Waals surface area contributed by atoms with E-state index in [1.165, 1.54) is 5.56 Å². The molecule has 0 spiro atoms. The van der Waals surface area contributed by atoms with Crippen LogP contribution >= 0.6 is 11.6 Å². The van der Waals surface area contributed by atoms with Gasteiger partial charge in [0, 0.05) is 24.0 Å². The lowest BCUT2D eigenvalue weighted by Crippen LogP contribution is -2.41. The third kappa shape index (κ3) is 5.74. The Kier molecular flexibility index (Phi) is 6.50. The van der Waals surface area contributed by atoms with E-state index >= 15 is 0 Å². The van der Waals surface area contributed by atoms with Gasteiger partial charge in [0.25, 0.3) is 0 Å². The molecule has 0 bridgehead atoms. The summed E-state index contributed by atoms with van der Waals surface area (Å²) >= 11 is 6.15. The molecule has 0 aromatic heterocycles. The number of nitrogens with zero attached hydrogens (tertiary/aromatic N) is 1. The Morgan fingerprint density at radius 2 is 2.00 bits per heavy atom. The molecule has 1 fully saturated rings. The number of hydrogen-bond acceptors (Lipinski definition) is 3. The maximum Gasteiger partial charge on any atom is 0.410 e. The lowest BCUT2D eigenvalue weighted by atomic mass is 9.84. The molecule has 1 amide bonds. The van der Waals surface area contributed by atoms with E-state index in [-0.39, 0.29) is 12.0 Å². The van der Waals surface area contributed by atoms with Gasteiger partial charge in [-0.3, -0.25) is 0 Å². The molecule has 0 saturated carbocycles. The highest BCUT2D eigenvalue weighted by Gasteiger charge is 2.28. The Morgan fingerprint density at radius 1 is 1.36 bits per heavy atom. The summed E-state index contributed by atoms with van der Waals surface area (Å²) in [4.78, 5) is 25.0. The summed E-state index contributed by atoms with van der Waals surface area (Å²) in [6.07, 6.45) is 3.23. The number of hydrogen-bond donors (Lipinski definition) is 0. The van der Waals surface area contributed by atoms with Crippen molar-refractivity contribution in [1.29, 1.82) is 0 Å². The number of benzene rings is 1. The molecule has 1 aliphatic heterocycles. The SMILES string of the molecule is CC(C=O)Cc1cc(Cl)ccc1C1CCN(C(=O)OC(C)(C)C)CC1. The lowest BCUT2D eigenvalue weighted by Gasteiger charge is -2.34. The van der Waals surface area contributed by atoms with Gasteiger partial charge >= 0.3 is 6.09 Å². The second-order valence-electron chi connectivity index (χ2n) is 7.90. The molecule has 1 atom stereocenters. The molecular weight excluding hydrogens is 338 g/mol. The quantitative estimate of drug-likeness (QED) is 0.718. The highest BCUT2D eigenvalue weighted by Crippen LogP contribution is 2.33. The summed E-state index contributed by atoms with van der Waals surface area (Å²) in [7, 11) is 0. The van der Waals surface area contributed by atoms with Crippen LogP contribution in [-0.2, 0) is 16.0 Å². The number of carbonyl (C=O) groups is 2. The third-order valence-corrected chi connectivity index (χ3v) is 4.70. The first kappa shape index (κ1) is 19.8. The average molecular weight is 366 g/mol. The van der Waals surface area contributed by atoms with E-state index in [1.807, 2.05) is 39.8 Å². The molecule has 0 N–H and O–H groups in total. The molecule has 5 heteroatoms. The Morgan fingerprint density at radius 3 is 2.56 bits per heavy atom. The van der Waals surface area contributed by atoms with Crippen LogP contribution in [0.25, 0.3) is 0 Å². The van der Waals surface area contributed by atoms with Crippen LogP contribution in [0.4, 0.5) is 4.79 Å². The molecule has 25 heavy (non-hydrogen) atoms.